The lowest BCUT2D eigenvalue weighted by atomic mass is 9.96. The van der Waals surface area contributed by atoms with Gasteiger partial charge in [0.05, 0.1) is 38.2 Å². The lowest BCUT2D eigenvalue weighted by Gasteiger charge is -2.36. The summed E-state index contributed by atoms with van der Waals surface area (Å²) in [5.41, 5.74) is 1.63. The molecule has 1 aromatic carbocycles. The molecule has 0 radical (unpaired) electrons. The second kappa shape index (κ2) is 10.8. The highest BCUT2D eigenvalue weighted by molar-refractivity contribution is 6.31. The van der Waals surface area contributed by atoms with Gasteiger partial charge in [0.15, 0.2) is 0 Å². The number of nitriles is 1. The molecule has 0 aliphatic carbocycles. The van der Waals surface area contributed by atoms with Crippen molar-refractivity contribution in [2.75, 3.05) is 57.4 Å². The van der Waals surface area contributed by atoms with Crippen molar-refractivity contribution in [2.45, 2.75) is 26.2 Å². The summed E-state index contributed by atoms with van der Waals surface area (Å²) in [4.78, 5) is 31.6. The fraction of sp³-hybridized carbons (Fsp3) is 0.591. The van der Waals surface area contributed by atoms with Crippen LogP contribution in [0.2, 0.25) is 5.02 Å². The number of ether oxygens (including phenoxy) is 1. The van der Waals surface area contributed by atoms with Crippen LogP contribution in [0.15, 0.2) is 18.2 Å². The summed E-state index contributed by atoms with van der Waals surface area (Å²) < 4.78 is 5.34. The van der Waals surface area contributed by atoms with Crippen molar-refractivity contribution in [3.63, 3.8) is 0 Å². The first-order valence-electron chi connectivity index (χ1n) is 10.5. The molecule has 2 amide bonds. The number of hydrogen-bond acceptors (Lipinski definition) is 5. The van der Waals surface area contributed by atoms with E-state index in [2.05, 4.69) is 11.0 Å². The van der Waals surface area contributed by atoms with Gasteiger partial charge >= 0.3 is 0 Å². The van der Waals surface area contributed by atoms with Crippen molar-refractivity contribution < 1.29 is 14.3 Å². The number of amides is 2. The predicted octanol–water partition coefficient (Wildman–Crippen LogP) is 2.47. The quantitative estimate of drug-likeness (QED) is 0.690. The molecule has 30 heavy (non-hydrogen) atoms. The van der Waals surface area contributed by atoms with Crippen LogP contribution < -0.4 is 4.90 Å². The van der Waals surface area contributed by atoms with Gasteiger partial charge in [-0.2, -0.15) is 5.26 Å². The minimum atomic E-state index is -0.0741. The van der Waals surface area contributed by atoms with Gasteiger partial charge in [-0.3, -0.25) is 14.5 Å². The minimum Gasteiger partial charge on any atom is -0.378 e. The largest absolute Gasteiger partial charge is 0.378 e. The fourth-order valence-corrected chi connectivity index (χ4v) is 4.19. The van der Waals surface area contributed by atoms with Crippen LogP contribution in [0.1, 0.15) is 24.8 Å². The third-order valence-electron chi connectivity index (χ3n) is 5.74. The average molecular weight is 433 g/mol. The Morgan fingerprint density at radius 2 is 2.07 bits per heavy atom. The number of benzene rings is 1. The second-order valence-electron chi connectivity index (χ2n) is 7.90. The van der Waals surface area contributed by atoms with E-state index in [-0.39, 0.29) is 30.7 Å². The minimum absolute atomic E-state index is 0.0635. The zero-order valence-corrected chi connectivity index (χ0v) is 18.2. The Bertz CT molecular complexity index is 804. The number of aryl methyl sites for hydroxylation is 1. The number of carbonyl (C=O) groups is 2. The number of halogens is 1. The van der Waals surface area contributed by atoms with Gasteiger partial charge in [-0.1, -0.05) is 11.6 Å². The van der Waals surface area contributed by atoms with Gasteiger partial charge in [-0.05, 0) is 50.1 Å². The summed E-state index contributed by atoms with van der Waals surface area (Å²) in [6.07, 6.45) is 2.01. The van der Waals surface area contributed by atoms with Crippen molar-refractivity contribution in [3.8, 4) is 6.07 Å². The number of rotatable bonds is 6. The summed E-state index contributed by atoms with van der Waals surface area (Å²) in [5, 5.41) is 9.66. The molecular weight excluding hydrogens is 404 g/mol. The molecule has 0 spiro atoms. The van der Waals surface area contributed by atoms with Gasteiger partial charge in [0, 0.05) is 36.9 Å². The standard InChI is InChI=1S/C22H29ClN4O3/c1-17-14-19(5-6-20(17)23)27(9-3-7-24)21(28)16-25-8-2-4-18(15-25)22(29)26-10-12-30-13-11-26/h5-6,14,18H,2-4,8-13,15-16H2,1H3. The highest BCUT2D eigenvalue weighted by Crippen LogP contribution is 2.24. The monoisotopic (exact) mass is 432 g/mol. The SMILES string of the molecule is Cc1cc(N(CCC#N)C(=O)CN2CCCC(C(=O)N3CCOCC3)C2)ccc1Cl. The zero-order valence-electron chi connectivity index (χ0n) is 17.5. The van der Waals surface area contributed by atoms with Gasteiger partial charge in [-0.15, -0.1) is 0 Å². The molecule has 0 aromatic heterocycles. The molecule has 1 atom stereocenters. The Morgan fingerprint density at radius 3 is 2.77 bits per heavy atom. The molecule has 3 rings (SSSR count). The molecule has 1 aromatic rings. The average Bonchev–Trinajstić information content (AvgIpc) is 2.76. The molecular formula is C22H29ClN4O3. The van der Waals surface area contributed by atoms with Crippen molar-refractivity contribution in [2.24, 2.45) is 5.92 Å². The Kier molecular flexibility index (Phi) is 8.08. The van der Waals surface area contributed by atoms with E-state index in [1.165, 1.54) is 0 Å². The molecule has 2 fully saturated rings. The molecule has 162 valence electrons. The number of carbonyl (C=O) groups excluding carboxylic acids is 2. The first-order chi connectivity index (χ1) is 14.5. The Morgan fingerprint density at radius 1 is 1.30 bits per heavy atom. The van der Waals surface area contributed by atoms with E-state index in [0.717, 1.165) is 30.6 Å². The molecule has 1 unspecified atom stereocenters. The Hall–Kier alpha value is -2.14. The maximum Gasteiger partial charge on any atom is 0.241 e. The maximum absolute atomic E-state index is 13.1. The molecule has 2 saturated heterocycles. The number of morpholine rings is 1. The van der Waals surface area contributed by atoms with Crippen LogP contribution in [0.25, 0.3) is 0 Å². The Balaban J connectivity index is 1.64. The van der Waals surface area contributed by atoms with Crippen LogP contribution in [-0.2, 0) is 14.3 Å². The summed E-state index contributed by atoms with van der Waals surface area (Å²) >= 11 is 6.13. The molecule has 0 N–H and O–H groups in total. The van der Waals surface area contributed by atoms with Crippen molar-refractivity contribution in [1.82, 2.24) is 9.80 Å². The lowest BCUT2D eigenvalue weighted by Crippen LogP contribution is -2.50. The fourth-order valence-electron chi connectivity index (χ4n) is 4.08. The Labute approximate surface area is 183 Å². The number of piperidine rings is 1. The number of anilines is 1. The van der Waals surface area contributed by atoms with Gasteiger partial charge in [0.2, 0.25) is 11.8 Å². The van der Waals surface area contributed by atoms with Crippen LogP contribution >= 0.6 is 11.6 Å². The van der Waals surface area contributed by atoms with E-state index >= 15 is 0 Å². The lowest BCUT2D eigenvalue weighted by molar-refractivity contribution is -0.142. The number of nitrogens with zero attached hydrogens (tertiary/aromatic N) is 4. The van der Waals surface area contributed by atoms with Crippen molar-refractivity contribution in [3.05, 3.63) is 28.8 Å². The van der Waals surface area contributed by atoms with E-state index in [4.69, 9.17) is 21.6 Å². The molecule has 7 nitrogen and oxygen atoms in total. The summed E-state index contributed by atoms with van der Waals surface area (Å²) in [7, 11) is 0. The second-order valence-corrected chi connectivity index (χ2v) is 8.31. The number of hydrogen-bond donors (Lipinski definition) is 0. The molecule has 8 heteroatoms. The first-order valence-corrected chi connectivity index (χ1v) is 10.9. The van der Waals surface area contributed by atoms with E-state index < -0.39 is 0 Å². The normalized spacial score (nSPS) is 19.9. The van der Waals surface area contributed by atoms with Gasteiger partial charge < -0.3 is 14.5 Å². The van der Waals surface area contributed by atoms with E-state index in [1.807, 2.05) is 24.0 Å². The molecule has 2 aliphatic rings. The molecule has 0 bridgehead atoms. The van der Waals surface area contributed by atoms with Gasteiger partial charge in [0.1, 0.15) is 0 Å². The molecule has 0 saturated carbocycles. The van der Waals surface area contributed by atoms with Gasteiger partial charge in [-0.25, -0.2) is 0 Å². The third-order valence-corrected chi connectivity index (χ3v) is 6.16. The van der Waals surface area contributed by atoms with Crippen molar-refractivity contribution >= 4 is 29.1 Å². The highest BCUT2D eigenvalue weighted by Gasteiger charge is 2.31. The van der Waals surface area contributed by atoms with E-state index in [9.17, 15) is 9.59 Å². The highest BCUT2D eigenvalue weighted by atomic mass is 35.5. The first kappa shape index (κ1) is 22.5. The van der Waals surface area contributed by atoms with Crippen LogP contribution in [0.4, 0.5) is 5.69 Å². The van der Waals surface area contributed by atoms with E-state index in [1.54, 1.807) is 11.0 Å². The van der Waals surface area contributed by atoms with Crippen LogP contribution in [0.3, 0.4) is 0 Å². The van der Waals surface area contributed by atoms with Crippen LogP contribution in [0, 0.1) is 24.2 Å². The van der Waals surface area contributed by atoms with Crippen LogP contribution in [0.5, 0.6) is 0 Å². The molecule has 2 aliphatic heterocycles. The van der Waals surface area contributed by atoms with Crippen molar-refractivity contribution in [1.29, 1.82) is 5.26 Å². The van der Waals surface area contributed by atoms with E-state index in [0.29, 0.717) is 44.4 Å². The van der Waals surface area contributed by atoms with Crippen LogP contribution in [-0.4, -0.2) is 74.1 Å². The van der Waals surface area contributed by atoms with Gasteiger partial charge in [0.25, 0.3) is 0 Å². The summed E-state index contributed by atoms with van der Waals surface area (Å²) in [6, 6.07) is 7.58. The maximum atomic E-state index is 13.1. The topological polar surface area (TPSA) is 76.9 Å². The molecule has 2 heterocycles. The summed E-state index contributed by atoms with van der Waals surface area (Å²) in [5.74, 6) is 0.0338. The third kappa shape index (κ3) is 5.72. The number of likely N-dealkylation sites (tertiary alicyclic amines) is 1. The smallest absolute Gasteiger partial charge is 0.241 e. The predicted molar refractivity (Wildman–Crippen MR) is 115 cm³/mol. The summed E-state index contributed by atoms with van der Waals surface area (Å²) in [6.45, 7) is 6.33. The zero-order chi connectivity index (χ0) is 21.5.